The fraction of sp³-hybridized carbons (Fsp3) is 1.00. The van der Waals surface area contributed by atoms with E-state index < -0.39 is 0 Å². The third-order valence-corrected chi connectivity index (χ3v) is 39.9. The van der Waals surface area contributed by atoms with Gasteiger partial charge in [-0.2, -0.15) is 4.91 Å². The molecule has 0 saturated heterocycles. The molecular weight excluding hydrogens is 787 g/mol. The van der Waals surface area contributed by atoms with E-state index in [1.165, 1.54) is 261 Å². The molecule has 0 aromatic carbocycles. The maximum Gasteiger partial charge on any atom is 0.103 e. The summed E-state index contributed by atoms with van der Waals surface area (Å²) in [5, 5.41) is 4.33. The summed E-state index contributed by atoms with van der Waals surface area (Å²) in [4.78, 5) is 13.3. The zero-order chi connectivity index (χ0) is 39.2. The summed E-state index contributed by atoms with van der Waals surface area (Å²) in [5.74, 6) is 68.8. The average molecular weight is 856 g/mol. The molecule has 6 bridgehead atoms. The maximum atomic E-state index is 13.3. The number of nitroso groups, excluding NO2 is 1. The molecule has 29 aliphatic carbocycles. The molecule has 58 unspecified atom stereocenters. The van der Waals surface area contributed by atoms with Crippen molar-refractivity contribution in [1.82, 2.24) is 0 Å². The van der Waals surface area contributed by atoms with Crippen molar-refractivity contribution in [2.45, 2.75) is 38.6 Å². The summed E-state index contributed by atoms with van der Waals surface area (Å²) in [7, 11) is 0. The third-order valence-electron chi connectivity index (χ3n) is 39.9. The molecule has 0 radical (unpaired) electrons. The zero-order valence-corrected chi connectivity index (χ0v) is 38.4. The van der Waals surface area contributed by atoms with Crippen molar-refractivity contribution < 1.29 is 0 Å². The summed E-state index contributed by atoms with van der Waals surface area (Å²) < 4.78 is 0. The Hall–Kier alpha value is -0.400. The predicted molar refractivity (Wildman–Crippen MR) is 233 cm³/mol. The second-order valence-electron chi connectivity index (χ2n) is 35.6. The first-order chi connectivity index (χ1) is 32.2. The number of fused-ring (bicyclic) bond motifs is 25. The Labute approximate surface area is 384 Å². The molecule has 0 amide bonds. The van der Waals surface area contributed by atoms with Crippen LogP contribution in [0.2, 0.25) is 0 Å². The normalized spacial score (nSPS) is 99.0. The Balaban J connectivity index is 0.546. The van der Waals surface area contributed by atoms with E-state index in [0.717, 1.165) is 82.9 Å². The monoisotopic (exact) mass is 856 g/mol. The van der Waals surface area contributed by atoms with Crippen molar-refractivity contribution in [2.75, 3.05) is 0 Å². The van der Waals surface area contributed by atoms with Gasteiger partial charge in [0.25, 0.3) is 0 Å². The molecule has 58 atom stereocenters. The molecular formula is C63H69NO. The van der Waals surface area contributed by atoms with Gasteiger partial charge in [-0.1, -0.05) is 12.1 Å². The Morgan fingerprint density at radius 1 is 0.277 bits per heavy atom. The topological polar surface area (TPSA) is 29.4 Å². The summed E-state index contributed by atoms with van der Waals surface area (Å²) in [6, 6.07) is 0. The number of hydrogen-bond acceptors (Lipinski definition) is 2. The molecule has 0 aliphatic heterocycles. The first-order valence-corrected chi connectivity index (χ1v) is 31.5. The van der Waals surface area contributed by atoms with Crippen LogP contribution in [0, 0.1) is 342 Å². The molecule has 0 aromatic heterocycles. The van der Waals surface area contributed by atoms with Gasteiger partial charge in [-0.05, 0) is 364 Å². The Bertz CT molecular complexity index is 2760. The van der Waals surface area contributed by atoms with Crippen LogP contribution in [0.1, 0.15) is 33.1 Å². The molecule has 29 fully saturated rings. The van der Waals surface area contributed by atoms with Crippen molar-refractivity contribution >= 4 is 0 Å². The zero-order valence-electron chi connectivity index (χ0n) is 38.4. The van der Waals surface area contributed by atoms with Gasteiger partial charge in [-0.3, -0.25) is 0 Å². The maximum absolute atomic E-state index is 13.3. The molecule has 29 rings (SSSR count). The molecule has 0 spiro atoms. The van der Waals surface area contributed by atoms with E-state index in [-0.39, 0.29) is 5.54 Å². The number of hydrogen-bond donors (Lipinski definition) is 0. The van der Waals surface area contributed by atoms with Crippen LogP contribution in [0.4, 0.5) is 0 Å². The standard InChI is InChI=1S/C63H69NO/c1-6-10-13-8-5-9-14-18-21-24-27-30-33-36-39-42-45-48-49-46-43-40-37-34-31-28-25-22-19-16-11(6)17(19)20(22)23(25)26(28)29(31)32(34)35(37)38(40)41(43)44(46)47(49)50(48)51(45)52(42)53(39)54(36)55(33)56(30)57(27)58(24)59(21)60(18)61(14)62(9)63(2,64-65)4-3-7(8)12(13)15(10)16/h6-62H,3-5H2,1-2H3. The Kier molecular flexibility index (Phi) is 3.58. The van der Waals surface area contributed by atoms with Crippen molar-refractivity contribution in [1.29, 1.82) is 0 Å². The lowest BCUT2D eigenvalue weighted by Gasteiger charge is -3.02. The fourth-order valence-corrected chi connectivity index (χ4v) is 41.1. The molecule has 332 valence electrons. The highest BCUT2D eigenvalue weighted by Gasteiger charge is 3.01. The number of rotatable bonds is 1. The van der Waals surface area contributed by atoms with Crippen LogP contribution < -0.4 is 0 Å². The van der Waals surface area contributed by atoms with Crippen LogP contribution in [-0.4, -0.2) is 5.54 Å². The third kappa shape index (κ3) is 1.96. The Morgan fingerprint density at radius 3 is 0.800 bits per heavy atom. The van der Waals surface area contributed by atoms with E-state index in [0.29, 0.717) is 5.92 Å². The quantitative estimate of drug-likeness (QED) is 0.242. The highest BCUT2D eigenvalue weighted by Crippen LogP contribution is 3.04. The lowest BCUT2D eigenvalue weighted by atomic mass is 9.03. The van der Waals surface area contributed by atoms with Gasteiger partial charge in [0.05, 0.1) is 0 Å². The first kappa shape index (κ1) is 30.5. The van der Waals surface area contributed by atoms with Crippen LogP contribution in [0.25, 0.3) is 0 Å². The minimum Gasteiger partial charge on any atom is -0.150 e. The van der Waals surface area contributed by atoms with E-state index in [9.17, 15) is 4.91 Å². The SMILES string of the molecule is CC1C2C3C4CC5C6C7C8C9C%10C%11C%12C%13C%14C%15C%16C%17C%18C%19C%20C%21C%22C%23C%24C%25C%26C%27C%28C%29C1C%28C%27C%26C%25C%24C%23C%22C%21C%20C%19C%18C%17C%16C%15C%14C%13C%12C%11C%10C9C8C7C6C5C(C)(N=O)CCC4C3C2%29. The van der Waals surface area contributed by atoms with Gasteiger partial charge in [0.2, 0.25) is 0 Å². The van der Waals surface area contributed by atoms with Gasteiger partial charge >= 0.3 is 0 Å². The minimum absolute atomic E-state index is 0.239. The van der Waals surface area contributed by atoms with E-state index in [4.69, 9.17) is 0 Å². The van der Waals surface area contributed by atoms with E-state index in [1.54, 1.807) is 6.42 Å². The van der Waals surface area contributed by atoms with Gasteiger partial charge < -0.3 is 0 Å². The lowest BCUT2D eigenvalue weighted by Crippen LogP contribution is -2.99. The molecule has 65 heavy (non-hydrogen) atoms. The van der Waals surface area contributed by atoms with Crippen molar-refractivity contribution in [3.63, 3.8) is 0 Å². The van der Waals surface area contributed by atoms with Gasteiger partial charge in [0, 0.05) is 0 Å². The largest absolute Gasteiger partial charge is 0.150 e. The van der Waals surface area contributed by atoms with Crippen LogP contribution in [0.3, 0.4) is 0 Å². The summed E-state index contributed by atoms with van der Waals surface area (Å²) >= 11 is 0. The second kappa shape index (κ2) is 7.64. The van der Waals surface area contributed by atoms with Crippen LogP contribution in [0.5, 0.6) is 0 Å². The molecule has 29 saturated carbocycles. The van der Waals surface area contributed by atoms with Gasteiger partial charge in [0.1, 0.15) is 5.54 Å². The molecule has 0 aromatic rings. The van der Waals surface area contributed by atoms with Crippen LogP contribution in [0.15, 0.2) is 5.18 Å². The van der Waals surface area contributed by atoms with Crippen molar-refractivity contribution in [2.24, 2.45) is 342 Å². The highest BCUT2D eigenvalue weighted by atomic mass is 16.3. The molecule has 29 aliphatic rings. The molecule has 0 heterocycles. The van der Waals surface area contributed by atoms with Gasteiger partial charge in [-0.15, -0.1) is 0 Å². The summed E-state index contributed by atoms with van der Waals surface area (Å²) in [6.07, 6.45) is 4.15. The van der Waals surface area contributed by atoms with E-state index in [1.807, 2.05) is 0 Å². The first-order valence-electron chi connectivity index (χ1n) is 31.5. The van der Waals surface area contributed by atoms with E-state index >= 15 is 0 Å². The Morgan fingerprint density at radius 2 is 0.492 bits per heavy atom. The van der Waals surface area contributed by atoms with E-state index in [2.05, 4.69) is 19.0 Å². The van der Waals surface area contributed by atoms with Crippen LogP contribution in [-0.2, 0) is 0 Å². The van der Waals surface area contributed by atoms with Crippen LogP contribution >= 0.6 is 0 Å². The van der Waals surface area contributed by atoms with Crippen molar-refractivity contribution in [3.8, 4) is 0 Å². The highest BCUT2D eigenvalue weighted by molar-refractivity contribution is 5.47. The lowest BCUT2D eigenvalue weighted by molar-refractivity contribution is -0.552. The molecule has 2 nitrogen and oxygen atoms in total. The average Bonchev–Trinajstić information content (AvgIpc) is 3.42. The van der Waals surface area contributed by atoms with Gasteiger partial charge in [-0.25, -0.2) is 0 Å². The molecule has 0 N–H and O–H groups in total. The number of nitrogens with zero attached hydrogens (tertiary/aromatic N) is 1. The van der Waals surface area contributed by atoms with Gasteiger partial charge in [0.15, 0.2) is 0 Å². The second-order valence-corrected chi connectivity index (χ2v) is 35.6. The fourth-order valence-electron chi connectivity index (χ4n) is 41.1. The summed E-state index contributed by atoms with van der Waals surface area (Å²) in [6.45, 7) is 5.33. The minimum atomic E-state index is -0.239. The van der Waals surface area contributed by atoms with Crippen molar-refractivity contribution in [3.05, 3.63) is 4.91 Å². The molecule has 2 heteroatoms. The smallest absolute Gasteiger partial charge is 0.103 e. The predicted octanol–water partition coefficient (Wildman–Crippen LogP) is 9.22. The summed E-state index contributed by atoms with van der Waals surface area (Å²) in [5.41, 5.74) is -0.239.